The summed E-state index contributed by atoms with van der Waals surface area (Å²) in [6.07, 6.45) is -4.86. The van der Waals surface area contributed by atoms with E-state index in [0.29, 0.717) is 10.7 Å². The maximum atomic E-state index is 13.9. The van der Waals surface area contributed by atoms with Gasteiger partial charge in [-0.15, -0.1) is 0 Å². The van der Waals surface area contributed by atoms with Crippen molar-refractivity contribution in [3.05, 3.63) is 44.3 Å². The van der Waals surface area contributed by atoms with Crippen molar-refractivity contribution in [2.75, 3.05) is 0 Å². The molecule has 0 atom stereocenters. The summed E-state index contributed by atoms with van der Waals surface area (Å²) in [5, 5.41) is 3.63. The summed E-state index contributed by atoms with van der Waals surface area (Å²) in [5.41, 5.74) is -2.86. The smallest absolute Gasteiger partial charge is 0.293 e. The first-order valence-electron chi connectivity index (χ1n) is 4.92. The summed E-state index contributed by atoms with van der Waals surface area (Å²) in [4.78, 5) is 13.7. The maximum absolute atomic E-state index is 13.9. The Hall–Kier alpha value is -1.64. The molecule has 0 bridgehead atoms. The van der Waals surface area contributed by atoms with Gasteiger partial charge in [0.05, 0.1) is 5.56 Å². The summed E-state index contributed by atoms with van der Waals surface area (Å²) in [6.45, 7) is 1.43. The fraction of sp³-hybridized carbons (Fsp3) is 0.200. The number of rotatable bonds is 1. The van der Waals surface area contributed by atoms with E-state index in [4.69, 9.17) is 0 Å². The monoisotopic (exact) mass is 339 g/mol. The van der Waals surface area contributed by atoms with Crippen molar-refractivity contribution >= 4 is 15.9 Å². The first kappa shape index (κ1) is 13.8. The highest BCUT2D eigenvalue weighted by molar-refractivity contribution is 9.10. The van der Waals surface area contributed by atoms with E-state index in [1.807, 2.05) is 0 Å². The minimum atomic E-state index is -4.86. The SMILES string of the molecule is Cc1nn(-c2cc(Br)cc(C(F)(F)F)c2F)c(=O)[nH]1. The highest BCUT2D eigenvalue weighted by atomic mass is 79.9. The second kappa shape index (κ2) is 4.48. The zero-order valence-electron chi connectivity index (χ0n) is 9.35. The summed E-state index contributed by atoms with van der Waals surface area (Å²) in [5.74, 6) is -1.39. The van der Waals surface area contributed by atoms with Gasteiger partial charge in [0, 0.05) is 4.47 Å². The standard InChI is InChI=1S/C10H6BrF4N3O/c1-4-16-9(19)18(17-4)7-3-5(11)2-6(8(7)12)10(13,14)15/h2-3H,1H3,(H,16,17,19). The van der Waals surface area contributed by atoms with Gasteiger partial charge in [-0.05, 0) is 19.1 Å². The van der Waals surface area contributed by atoms with Gasteiger partial charge in [0.1, 0.15) is 11.5 Å². The Kier molecular flexibility index (Phi) is 3.25. The molecule has 1 aromatic carbocycles. The molecule has 0 spiro atoms. The lowest BCUT2D eigenvalue weighted by Gasteiger charge is -2.11. The van der Waals surface area contributed by atoms with Gasteiger partial charge < -0.3 is 0 Å². The van der Waals surface area contributed by atoms with Gasteiger partial charge in [0.25, 0.3) is 0 Å². The zero-order chi connectivity index (χ0) is 14.4. The molecule has 0 unspecified atom stereocenters. The molecule has 1 aromatic heterocycles. The molecule has 0 saturated heterocycles. The minimum absolute atomic E-state index is 0.0104. The number of hydrogen-bond donors (Lipinski definition) is 1. The molecule has 0 fully saturated rings. The van der Waals surface area contributed by atoms with E-state index in [-0.39, 0.29) is 10.3 Å². The van der Waals surface area contributed by atoms with Crippen LogP contribution in [0.3, 0.4) is 0 Å². The molecule has 9 heteroatoms. The Balaban J connectivity index is 2.75. The number of aryl methyl sites for hydroxylation is 1. The number of halogens is 5. The normalized spacial score (nSPS) is 11.9. The molecular weight excluding hydrogens is 334 g/mol. The van der Waals surface area contributed by atoms with Crippen LogP contribution in [0.25, 0.3) is 5.69 Å². The van der Waals surface area contributed by atoms with Crippen LogP contribution in [0.4, 0.5) is 17.6 Å². The Morgan fingerprint density at radius 1 is 1.37 bits per heavy atom. The molecule has 19 heavy (non-hydrogen) atoms. The molecule has 1 heterocycles. The number of nitrogens with zero attached hydrogens (tertiary/aromatic N) is 2. The Labute approximate surface area is 112 Å². The van der Waals surface area contributed by atoms with Crippen LogP contribution in [0.15, 0.2) is 21.4 Å². The van der Waals surface area contributed by atoms with Gasteiger partial charge in [0.15, 0.2) is 5.82 Å². The molecule has 1 N–H and O–H groups in total. The molecule has 0 aliphatic carbocycles. The Morgan fingerprint density at radius 3 is 2.47 bits per heavy atom. The van der Waals surface area contributed by atoms with Crippen molar-refractivity contribution in [1.82, 2.24) is 14.8 Å². The first-order valence-corrected chi connectivity index (χ1v) is 5.72. The number of aromatic amines is 1. The predicted molar refractivity (Wildman–Crippen MR) is 61.6 cm³/mol. The topological polar surface area (TPSA) is 50.7 Å². The fourth-order valence-corrected chi connectivity index (χ4v) is 1.97. The lowest BCUT2D eigenvalue weighted by molar-refractivity contribution is -0.140. The average Bonchev–Trinajstić information content (AvgIpc) is 2.59. The summed E-state index contributed by atoms with van der Waals surface area (Å²) < 4.78 is 52.4. The third-order valence-electron chi connectivity index (χ3n) is 2.28. The minimum Gasteiger partial charge on any atom is -0.293 e. The van der Waals surface area contributed by atoms with E-state index >= 15 is 0 Å². The van der Waals surface area contributed by atoms with Crippen molar-refractivity contribution in [2.45, 2.75) is 13.1 Å². The van der Waals surface area contributed by atoms with Gasteiger partial charge in [-0.3, -0.25) is 4.98 Å². The van der Waals surface area contributed by atoms with Crippen molar-refractivity contribution in [3.63, 3.8) is 0 Å². The van der Waals surface area contributed by atoms with E-state index < -0.39 is 28.9 Å². The number of alkyl halides is 3. The van der Waals surface area contributed by atoms with Crippen molar-refractivity contribution in [2.24, 2.45) is 0 Å². The highest BCUT2D eigenvalue weighted by Gasteiger charge is 2.36. The van der Waals surface area contributed by atoms with Gasteiger partial charge in [-0.25, -0.2) is 9.18 Å². The van der Waals surface area contributed by atoms with Crippen LogP contribution < -0.4 is 5.69 Å². The number of aromatic nitrogens is 3. The van der Waals surface area contributed by atoms with Crippen LogP contribution in [0.5, 0.6) is 0 Å². The van der Waals surface area contributed by atoms with Crippen LogP contribution in [0.1, 0.15) is 11.4 Å². The molecule has 4 nitrogen and oxygen atoms in total. The van der Waals surface area contributed by atoms with E-state index in [0.717, 1.165) is 6.07 Å². The molecule has 2 aromatic rings. The van der Waals surface area contributed by atoms with Crippen molar-refractivity contribution in [3.8, 4) is 5.69 Å². The van der Waals surface area contributed by atoms with Gasteiger partial charge in [-0.1, -0.05) is 15.9 Å². The maximum Gasteiger partial charge on any atom is 0.419 e. The summed E-state index contributed by atoms with van der Waals surface area (Å²) in [6, 6.07) is 1.65. The van der Waals surface area contributed by atoms with Crippen LogP contribution in [0, 0.1) is 12.7 Å². The predicted octanol–water partition coefficient (Wildman–Crippen LogP) is 2.79. The zero-order valence-corrected chi connectivity index (χ0v) is 10.9. The first-order chi connectivity index (χ1) is 8.70. The number of hydrogen-bond acceptors (Lipinski definition) is 2. The third-order valence-corrected chi connectivity index (χ3v) is 2.74. The molecule has 0 amide bonds. The van der Waals surface area contributed by atoms with E-state index in [1.165, 1.54) is 6.92 Å². The quantitative estimate of drug-likeness (QED) is 0.812. The van der Waals surface area contributed by atoms with Gasteiger partial charge in [0.2, 0.25) is 0 Å². The molecule has 2 rings (SSSR count). The van der Waals surface area contributed by atoms with Gasteiger partial charge >= 0.3 is 11.9 Å². The lowest BCUT2D eigenvalue weighted by atomic mass is 10.2. The Morgan fingerprint density at radius 2 is 2.00 bits per heavy atom. The second-order valence-corrected chi connectivity index (χ2v) is 4.63. The third kappa shape index (κ3) is 2.55. The molecule has 0 aliphatic heterocycles. The van der Waals surface area contributed by atoms with Crippen molar-refractivity contribution < 1.29 is 17.6 Å². The van der Waals surface area contributed by atoms with Crippen LogP contribution >= 0.6 is 15.9 Å². The number of benzene rings is 1. The van der Waals surface area contributed by atoms with E-state index in [9.17, 15) is 22.4 Å². The molecule has 0 radical (unpaired) electrons. The fourth-order valence-electron chi connectivity index (χ4n) is 1.53. The second-order valence-electron chi connectivity index (χ2n) is 3.71. The van der Waals surface area contributed by atoms with Crippen molar-refractivity contribution in [1.29, 1.82) is 0 Å². The molecule has 0 saturated carbocycles. The largest absolute Gasteiger partial charge is 0.419 e. The molecular formula is C10H6BrF4N3O. The van der Waals surface area contributed by atoms with E-state index in [2.05, 4.69) is 26.0 Å². The van der Waals surface area contributed by atoms with Gasteiger partial charge in [-0.2, -0.15) is 23.0 Å². The Bertz CT molecular complexity index is 689. The summed E-state index contributed by atoms with van der Waals surface area (Å²) >= 11 is 2.85. The summed E-state index contributed by atoms with van der Waals surface area (Å²) in [7, 11) is 0. The van der Waals surface area contributed by atoms with Crippen LogP contribution in [-0.4, -0.2) is 14.8 Å². The number of H-pyrrole nitrogens is 1. The van der Waals surface area contributed by atoms with Crippen LogP contribution in [0.2, 0.25) is 0 Å². The number of nitrogens with one attached hydrogen (secondary N) is 1. The average molecular weight is 340 g/mol. The van der Waals surface area contributed by atoms with E-state index in [1.54, 1.807) is 0 Å². The lowest BCUT2D eigenvalue weighted by Crippen LogP contribution is -2.19. The highest BCUT2D eigenvalue weighted by Crippen LogP contribution is 2.35. The molecule has 0 aliphatic rings. The molecule has 102 valence electrons. The van der Waals surface area contributed by atoms with Crippen LogP contribution in [-0.2, 0) is 6.18 Å².